The van der Waals surface area contributed by atoms with E-state index in [9.17, 15) is 9.59 Å². The molecule has 1 amide bonds. The third kappa shape index (κ3) is 5.14. The number of halogens is 1. The number of hydrogen-bond acceptors (Lipinski definition) is 8. The molecule has 2 bridgehead atoms. The van der Waals surface area contributed by atoms with Crippen molar-refractivity contribution in [2.75, 3.05) is 25.1 Å². The van der Waals surface area contributed by atoms with Crippen molar-refractivity contribution in [3.63, 3.8) is 0 Å². The number of amides is 1. The van der Waals surface area contributed by atoms with Crippen LogP contribution in [0.5, 0.6) is 5.75 Å². The molecule has 2 aliphatic rings. The van der Waals surface area contributed by atoms with Crippen LogP contribution in [0.2, 0.25) is 5.02 Å². The fourth-order valence-corrected chi connectivity index (χ4v) is 7.04. The summed E-state index contributed by atoms with van der Waals surface area (Å²) in [4.78, 5) is 36.3. The van der Waals surface area contributed by atoms with E-state index in [1.54, 1.807) is 28.3 Å². The molecule has 46 heavy (non-hydrogen) atoms. The molecule has 2 aromatic carbocycles. The Hall–Kier alpha value is -4.58. The average Bonchev–Trinajstić information content (AvgIpc) is 3.64. The predicted octanol–water partition coefficient (Wildman–Crippen LogP) is 4.98. The van der Waals surface area contributed by atoms with Gasteiger partial charge in [-0.05, 0) is 63.4 Å². The molecule has 2 fully saturated rings. The lowest BCUT2D eigenvalue weighted by Gasteiger charge is -2.42. The summed E-state index contributed by atoms with van der Waals surface area (Å²) in [6.45, 7) is 6.99. The first-order chi connectivity index (χ1) is 21.9. The van der Waals surface area contributed by atoms with E-state index in [-0.39, 0.29) is 23.7 Å². The minimum absolute atomic E-state index is 0.00473. The highest BCUT2D eigenvalue weighted by molar-refractivity contribution is 6.38. The summed E-state index contributed by atoms with van der Waals surface area (Å²) in [6.07, 6.45) is 3.32. The van der Waals surface area contributed by atoms with Crippen molar-refractivity contribution >= 4 is 45.6 Å². The Labute approximate surface area is 271 Å². The van der Waals surface area contributed by atoms with Gasteiger partial charge >= 0.3 is 6.09 Å². The van der Waals surface area contributed by atoms with E-state index < -0.39 is 5.60 Å². The fraction of sp³-hybridized carbons (Fsp3) is 0.424. The van der Waals surface area contributed by atoms with Crippen LogP contribution in [-0.4, -0.2) is 78.0 Å². The quantitative estimate of drug-likeness (QED) is 0.263. The van der Waals surface area contributed by atoms with E-state index in [0.29, 0.717) is 52.9 Å². The first-order valence-electron chi connectivity index (χ1n) is 15.4. The molecule has 0 saturated carbocycles. The van der Waals surface area contributed by atoms with Crippen LogP contribution in [0.3, 0.4) is 0 Å². The molecule has 0 N–H and O–H groups in total. The van der Waals surface area contributed by atoms with Crippen LogP contribution in [0.1, 0.15) is 39.2 Å². The second-order valence-electron chi connectivity index (χ2n) is 13.2. The summed E-state index contributed by atoms with van der Waals surface area (Å²) in [5, 5.41) is 11.1. The molecule has 5 heterocycles. The van der Waals surface area contributed by atoms with Crippen LogP contribution in [-0.2, 0) is 25.4 Å². The highest BCUT2D eigenvalue weighted by Gasteiger charge is 2.44. The summed E-state index contributed by atoms with van der Waals surface area (Å²) >= 11 is 7.04. The number of aryl methyl sites for hydroxylation is 1. The first kappa shape index (κ1) is 30.1. The molecule has 12 nitrogen and oxygen atoms in total. The SMILES string of the molecule is COc1ccc(Cn2nc3nc(N4C5CCC4CN(C(=O)OC(C)(C)C)C5)n(C)c(=O)c3c2-c2ccc3nn(C)cc3c2Cl)cc1. The zero-order valence-corrected chi connectivity index (χ0v) is 27.6. The van der Waals surface area contributed by atoms with Gasteiger partial charge < -0.3 is 19.3 Å². The van der Waals surface area contributed by atoms with E-state index in [2.05, 4.69) is 10.00 Å². The third-order valence-corrected chi connectivity index (χ3v) is 9.22. The number of hydrogen-bond donors (Lipinski definition) is 0. The van der Waals surface area contributed by atoms with E-state index >= 15 is 0 Å². The molecule has 3 aromatic heterocycles. The number of anilines is 1. The van der Waals surface area contributed by atoms with Crippen molar-refractivity contribution < 1.29 is 14.3 Å². The monoisotopic (exact) mass is 644 g/mol. The smallest absolute Gasteiger partial charge is 0.410 e. The molecule has 5 aromatic rings. The van der Waals surface area contributed by atoms with Crippen LogP contribution in [0.15, 0.2) is 47.4 Å². The van der Waals surface area contributed by atoms with Crippen LogP contribution >= 0.6 is 11.6 Å². The molecule has 0 radical (unpaired) electrons. The molecule has 7 rings (SSSR count). The molecule has 2 atom stereocenters. The minimum Gasteiger partial charge on any atom is -0.497 e. The Morgan fingerprint density at radius 2 is 1.72 bits per heavy atom. The molecular weight excluding hydrogens is 608 g/mol. The van der Waals surface area contributed by atoms with Gasteiger partial charge in [0.2, 0.25) is 5.95 Å². The second-order valence-corrected chi connectivity index (χ2v) is 13.5. The van der Waals surface area contributed by atoms with Gasteiger partial charge in [0, 0.05) is 44.3 Å². The summed E-state index contributed by atoms with van der Waals surface area (Å²) in [5.41, 5.74) is 2.56. The van der Waals surface area contributed by atoms with E-state index in [0.717, 1.165) is 35.1 Å². The maximum absolute atomic E-state index is 14.4. The Balaban J connectivity index is 1.34. The molecule has 13 heteroatoms. The van der Waals surface area contributed by atoms with Crippen molar-refractivity contribution in [2.24, 2.45) is 14.1 Å². The number of benzene rings is 2. The topological polar surface area (TPSA) is 113 Å². The maximum atomic E-state index is 14.4. The van der Waals surface area contributed by atoms with Gasteiger partial charge in [0.1, 0.15) is 16.7 Å². The first-order valence-corrected chi connectivity index (χ1v) is 15.8. The number of piperazine rings is 1. The van der Waals surface area contributed by atoms with Gasteiger partial charge in [-0.2, -0.15) is 15.2 Å². The summed E-state index contributed by atoms with van der Waals surface area (Å²) in [6, 6.07) is 11.5. The highest BCUT2D eigenvalue weighted by Crippen LogP contribution is 2.39. The lowest BCUT2D eigenvalue weighted by molar-refractivity contribution is 0.0208. The zero-order chi connectivity index (χ0) is 32.5. The summed E-state index contributed by atoms with van der Waals surface area (Å²) in [5.74, 6) is 1.30. The number of carbonyl (C=O) groups is 1. The number of nitrogens with zero attached hydrogens (tertiary/aromatic N) is 8. The number of rotatable bonds is 5. The minimum atomic E-state index is -0.573. The molecule has 0 spiro atoms. The summed E-state index contributed by atoms with van der Waals surface area (Å²) < 4.78 is 16.1. The van der Waals surface area contributed by atoms with Crippen molar-refractivity contribution in [3.8, 4) is 17.0 Å². The normalized spacial score (nSPS) is 18.2. The number of ether oxygens (including phenoxy) is 2. The van der Waals surface area contributed by atoms with Gasteiger partial charge in [-0.1, -0.05) is 23.7 Å². The number of aromatic nitrogens is 6. The molecule has 2 aliphatic heterocycles. The Bertz CT molecular complexity index is 2030. The molecule has 240 valence electrons. The van der Waals surface area contributed by atoms with Gasteiger partial charge in [-0.3, -0.25) is 18.7 Å². The molecule has 2 unspecified atom stereocenters. The van der Waals surface area contributed by atoms with E-state index in [1.165, 1.54) is 0 Å². The molecular formula is C33H37ClN8O4. The van der Waals surface area contributed by atoms with Crippen molar-refractivity contribution in [1.82, 2.24) is 34.0 Å². The van der Waals surface area contributed by atoms with Crippen LogP contribution in [0.25, 0.3) is 33.2 Å². The lowest BCUT2D eigenvalue weighted by atomic mass is 10.1. The van der Waals surface area contributed by atoms with Gasteiger partial charge in [-0.15, -0.1) is 0 Å². The van der Waals surface area contributed by atoms with Gasteiger partial charge in [0.05, 0.1) is 42.0 Å². The van der Waals surface area contributed by atoms with E-state index in [1.807, 2.05) is 75.1 Å². The zero-order valence-electron chi connectivity index (χ0n) is 26.8. The predicted molar refractivity (Wildman–Crippen MR) is 177 cm³/mol. The van der Waals surface area contributed by atoms with Gasteiger partial charge in [-0.25, -0.2) is 4.79 Å². The van der Waals surface area contributed by atoms with Crippen LogP contribution in [0.4, 0.5) is 10.7 Å². The van der Waals surface area contributed by atoms with E-state index in [4.69, 9.17) is 31.2 Å². The van der Waals surface area contributed by atoms with Crippen molar-refractivity contribution in [2.45, 2.75) is 57.8 Å². The number of methoxy groups -OCH3 is 1. The number of likely N-dealkylation sites (tertiary alicyclic amines) is 1. The van der Waals surface area contributed by atoms with Crippen LogP contribution in [0, 0.1) is 0 Å². The Kier molecular flexibility index (Phi) is 7.22. The van der Waals surface area contributed by atoms with Crippen LogP contribution < -0.4 is 15.2 Å². The summed E-state index contributed by atoms with van der Waals surface area (Å²) in [7, 11) is 5.23. The third-order valence-electron chi connectivity index (χ3n) is 8.81. The molecule has 2 saturated heterocycles. The maximum Gasteiger partial charge on any atom is 0.410 e. The fourth-order valence-electron chi connectivity index (χ4n) is 6.74. The number of carbonyl (C=O) groups excluding carboxylic acids is 1. The highest BCUT2D eigenvalue weighted by atomic mass is 35.5. The second kappa shape index (κ2) is 11.0. The number of fused-ring (bicyclic) bond motifs is 4. The van der Waals surface area contributed by atoms with Gasteiger partial charge in [0.15, 0.2) is 5.65 Å². The van der Waals surface area contributed by atoms with Gasteiger partial charge in [0.25, 0.3) is 5.56 Å². The average molecular weight is 645 g/mol. The Morgan fingerprint density at radius 1 is 1.02 bits per heavy atom. The molecule has 0 aliphatic carbocycles. The standard InChI is InChI=1S/C33H37ClN8O4/c1-33(2,3)46-32(44)40-16-20-9-10-21(17-40)42(20)31-35-29-26(30(43)39(31)5)28(23-13-14-25-24(27(23)34)18-38(4)36-25)41(37-29)15-19-7-11-22(45-6)12-8-19/h7-8,11-14,18,20-21H,9-10,15-17H2,1-6H3. The van der Waals surface area contributed by atoms with Crippen molar-refractivity contribution in [3.05, 3.63) is 63.5 Å². The Morgan fingerprint density at radius 3 is 2.37 bits per heavy atom. The van der Waals surface area contributed by atoms with Crippen molar-refractivity contribution in [1.29, 1.82) is 0 Å². The largest absolute Gasteiger partial charge is 0.497 e. The lowest BCUT2D eigenvalue weighted by Crippen LogP contribution is -2.57.